The monoisotopic (exact) mass is 514 g/mol. The topological polar surface area (TPSA) is 142 Å². The van der Waals surface area contributed by atoms with Gasteiger partial charge in [-0.3, -0.25) is 20.1 Å². The van der Waals surface area contributed by atoms with Gasteiger partial charge in [-0.15, -0.1) is 0 Å². The van der Waals surface area contributed by atoms with Crippen LogP contribution in [0.2, 0.25) is 0 Å². The lowest BCUT2D eigenvalue weighted by molar-refractivity contribution is 0.586. The Balaban J connectivity index is 1.44. The van der Waals surface area contributed by atoms with Crippen LogP contribution in [0, 0.1) is 5.82 Å². The predicted molar refractivity (Wildman–Crippen MR) is 137 cm³/mol. The first-order valence-corrected chi connectivity index (χ1v) is 13.1. The number of nitrogens with one attached hydrogen (secondary N) is 3. The second-order valence-electron chi connectivity index (χ2n) is 8.53. The maximum Gasteiger partial charge on any atom is 0.209 e. The molecule has 0 bridgehead atoms. The van der Waals surface area contributed by atoms with E-state index in [2.05, 4.69) is 34.9 Å². The number of hydrogen-bond donors (Lipinski definition) is 3. The van der Waals surface area contributed by atoms with Crippen LogP contribution in [0.15, 0.2) is 67.4 Å². The molecule has 0 saturated carbocycles. The molecule has 0 radical (unpaired) electrons. The van der Waals surface area contributed by atoms with Gasteiger partial charge in [-0.05, 0) is 47.5 Å². The third-order valence-electron chi connectivity index (χ3n) is 5.84. The summed E-state index contributed by atoms with van der Waals surface area (Å²) in [5.41, 5.74) is 6.52. The van der Waals surface area contributed by atoms with Crippen molar-refractivity contribution in [2.45, 2.75) is 6.54 Å². The summed E-state index contributed by atoms with van der Waals surface area (Å²) in [5, 5.41) is 8.29. The molecule has 10 nitrogen and oxygen atoms in total. The van der Waals surface area contributed by atoms with Gasteiger partial charge in [-0.25, -0.2) is 22.5 Å². The molecule has 0 aliphatic rings. The van der Waals surface area contributed by atoms with Gasteiger partial charge in [0.25, 0.3) is 0 Å². The van der Waals surface area contributed by atoms with Crippen molar-refractivity contribution in [2.75, 3.05) is 6.26 Å². The van der Waals surface area contributed by atoms with Crippen molar-refractivity contribution >= 4 is 32.0 Å². The fraction of sp³-hybridized carbons (Fsp3) is 0.0800. The third-order valence-corrected chi connectivity index (χ3v) is 6.51. The quantitative estimate of drug-likeness (QED) is 0.307. The van der Waals surface area contributed by atoms with Crippen molar-refractivity contribution in [3.63, 3.8) is 0 Å². The Morgan fingerprint density at radius 1 is 0.973 bits per heavy atom. The maximum atomic E-state index is 14.5. The van der Waals surface area contributed by atoms with Gasteiger partial charge in [0, 0.05) is 36.1 Å². The molecule has 0 spiro atoms. The molecule has 5 heterocycles. The summed E-state index contributed by atoms with van der Waals surface area (Å²) in [4.78, 5) is 20.9. The van der Waals surface area contributed by atoms with Gasteiger partial charge in [0.15, 0.2) is 0 Å². The van der Waals surface area contributed by atoms with Crippen molar-refractivity contribution < 1.29 is 12.8 Å². The number of halogens is 1. The number of H-pyrrole nitrogens is 2. The van der Waals surface area contributed by atoms with Gasteiger partial charge in [-0.2, -0.15) is 5.10 Å². The van der Waals surface area contributed by atoms with E-state index < -0.39 is 15.8 Å². The SMILES string of the molecule is CS(=O)(=O)NCc1cc(F)cc(-c2cncc3[nH]c(-c4n[nH]c5ccc(-c6cnccn6)nc45)cc23)c1. The molecular formula is C25H19FN8O2S. The highest BCUT2D eigenvalue weighted by molar-refractivity contribution is 7.88. The van der Waals surface area contributed by atoms with Crippen LogP contribution in [0.5, 0.6) is 0 Å². The Kier molecular flexibility index (Phi) is 5.46. The first-order valence-electron chi connectivity index (χ1n) is 11.2. The van der Waals surface area contributed by atoms with Gasteiger partial charge in [0.2, 0.25) is 10.0 Å². The highest BCUT2D eigenvalue weighted by Crippen LogP contribution is 2.34. The van der Waals surface area contributed by atoms with Crippen LogP contribution in [-0.4, -0.2) is 49.8 Å². The van der Waals surface area contributed by atoms with Gasteiger partial charge in [-0.1, -0.05) is 0 Å². The average Bonchev–Trinajstić information content (AvgIpc) is 3.51. The Hall–Kier alpha value is -4.55. The molecule has 184 valence electrons. The molecular weight excluding hydrogens is 495 g/mol. The summed E-state index contributed by atoms with van der Waals surface area (Å²) < 4.78 is 39.9. The molecule has 0 saturated heterocycles. The molecule has 12 heteroatoms. The second-order valence-corrected chi connectivity index (χ2v) is 10.4. The van der Waals surface area contributed by atoms with E-state index in [1.807, 2.05) is 18.2 Å². The smallest absolute Gasteiger partial charge is 0.209 e. The molecule has 5 aromatic heterocycles. The Bertz CT molecular complexity index is 1880. The number of benzene rings is 1. The Morgan fingerprint density at radius 2 is 1.86 bits per heavy atom. The lowest BCUT2D eigenvalue weighted by Gasteiger charge is -2.08. The van der Waals surface area contributed by atoms with E-state index in [1.54, 1.807) is 37.1 Å². The minimum atomic E-state index is -3.42. The third kappa shape index (κ3) is 4.55. The lowest BCUT2D eigenvalue weighted by atomic mass is 10.0. The minimum absolute atomic E-state index is 0.0234. The Morgan fingerprint density at radius 3 is 2.68 bits per heavy atom. The van der Waals surface area contributed by atoms with Gasteiger partial charge in [0.1, 0.15) is 22.7 Å². The normalized spacial score (nSPS) is 11.9. The van der Waals surface area contributed by atoms with Crippen LogP contribution in [0.3, 0.4) is 0 Å². The highest BCUT2D eigenvalue weighted by atomic mass is 32.2. The predicted octanol–water partition coefficient (Wildman–Crippen LogP) is 3.81. The van der Waals surface area contributed by atoms with Gasteiger partial charge >= 0.3 is 0 Å². The summed E-state index contributed by atoms with van der Waals surface area (Å²) in [7, 11) is -3.42. The zero-order valence-electron chi connectivity index (χ0n) is 19.4. The fourth-order valence-corrected chi connectivity index (χ4v) is 4.62. The van der Waals surface area contributed by atoms with Gasteiger partial charge in [0.05, 0.1) is 41.1 Å². The molecule has 3 N–H and O–H groups in total. The number of fused-ring (bicyclic) bond motifs is 2. The standard InChI is InChI=1S/C25H19FN8O2S/c1-37(35,36)30-10-14-6-15(8-16(26)7-14)18-11-28-12-22-17(18)9-21(31-22)25-24-20(33-34-25)3-2-19(32-24)23-13-27-4-5-29-23/h2-9,11-13,30-31H,10H2,1H3,(H,33,34). The summed E-state index contributed by atoms with van der Waals surface area (Å²) in [6, 6.07) is 10.1. The van der Waals surface area contributed by atoms with Crippen LogP contribution in [0.25, 0.3) is 55.8 Å². The van der Waals surface area contributed by atoms with Crippen molar-refractivity contribution in [1.29, 1.82) is 0 Å². The molecule has 0 fully saturated rings. The van der Waals surface area contributed by atoms with Crippen molar-refractivity contribution in [3.05, 3.63) is 78.8 Å². The number of aromatic nitrogens is 7. The fourth-order valence-electron chi connectivity index (χ4n) is 4.19. The molecule has 0 aliphatic heterocycles. The number of pyridine rings is 2. The average molecular weight is 515 g/mol. The van der Waals surface area contributed by atoms with Crippen molar-refractivity contribution in [2.24, 2.45) is 0 Å². The largest absolute Gasteiger partial charge is 0.352 e. The van der Waals surface area contributed by atoms with Crippen LogP contribution >= 0.6 is 0 Å². The first kappa shape index (κ1) is 22.9. The van der Waals surface area contributed by atoms with Gasteiger partial charge < -0.3 is 4.98 Å². The maximum absolute atomic E-state index is 14.5. The van der Waals surface area contributed by atoms with E-state index >= 15 is 0 Å². The molecule has 0 atom stereocenters. The lowest BCUT2D eigenvalue weighted by Crippen LogP contribution is -2.21. The molecule has 0 aliphatic carbocycles. The summed E-state index contributed by atoms with van der Waals surface area (Å²) in [6.07, 6.45) is 9.25. The summed E-state index contributed by atoms with van der Waals surface area (Å²) in [5.74, 6) is -0.477. The minimum Gasteiger partial charge on any atom is -0.352 e. The number of nitrogens with zero attached hydrogens (tertiary/aromatic N) is 5. The Labute approximate surface area is 210 Å². The van der Waals surface area contributed by atoms with Crippen LogP contribution in [0.4, 0.5) is 4.39 Å². The second kappa shape index (κ2) is 8.84. The van der Waals surface area contributed by atoms with E-state index in [-0.39, 0.29) is 6.54 Å². The van der Waals surface area contributed by atoms with E-state index in [0.717, 1.165) is 22.7 Å². The van der Waals surface area contributed by atoms with E-state index in [0.29, 0.717) is 45.0 Å². The molecule has 37 heavy (non-hydrogen) atoms. The number of hydrogen-bond acceptors (Lipinski definition) is 7. The summed E-state index contributed by atoms with van der Waals surface area (Å²) >= 11 is 0. The summed E-state index contributed by atoms with van der Waals surface area (Å²) in [6.45, 7) is -0.0234. The van der Waals surface area contributed by atoms with Crippen molar-refractivity contribution in [3.8, 4) is 33.9 Å². The van der Waals surface area contributed by atoms with E-state index in [1.165, 1.54) is 12.1 Å². The molecule has 6 rings (SSSR count). The van der Waals surface area contributed by atoms with Crippen molar-refractivity contribution in [1.82, 2.24) is 39.8 Å². The highest BCUT2D eigenvalue weighted by Gasteiger charge is 2.16. The molecule has 6 aromatic rings. The number of rotatable bonds is 6. The van der Waals surface area contributed by atoms with Crippen LogP contribution in [0.1, 0.15) is 5.56 Å². The van der Waals surface area contributed by atoms with Crippen LogP contribution in [-0.2, 0) is 16.6 Å². The van der Waals surface area contributed by atoms with E-state index in [9.17, 15) is 12.8 Å². The van der Waals surface area contributed by atoms with E-state index in [4.69, 9.17) is 4.98 Å². The number of aromatic amines is 2. The zero-order valence-corrected chi connectivity index (χ0v) is 20.2. The zero-order chi connectivity index (χ0) is 25.6. The molecule has 1 aromatic carbocycles. The van der Waals surface area contributed by atoms with Crippen LogP contribution < -0.4 is 4.72 Å². The molecule has 0 unspecified atom stereocenters. The molecule has 0 amide bonds. The first-order chi connectivity index (χ1) is 17.8. The number of sulfonamides is 1.